The first-order valence-corrected chi connectivity index (χ1v) is 10.3. The molecular weight excluding hydrogens is 414 g/mol. The largest absolute Gasteiger partial charge is 0.379 e. The predicted octanol–water partition coefficient (Wildman–Crippen LogP) is 3.80. The van der Waals surface area contributed by atoms with Crippen LogP contribution in [0.2, 0.25) is 0 Å². The minimum atomic E-state index is -0.0767. The summed E-state index contributed by atoms with van der Waals surface area (Å²) in [6.07, 6.45) is 0. The van der Waals surface area contributed by atoms with Crippen LogP contribution >= 0.6 is 27.3 Å². The minimum absolute atomic E-state index is 0.0767. The van der Waals surface area contributed by atoms with Crippen molar-refractivity contribution in [3.05, 3.63) is 56.8 Å². The smallest absolute Gasteiger partial charge is 0.267 e. The molecule has 5 nitrogen and oxygen atoms in total. The molecule has 1 saturated heterocycles. The molecule has 1 atom stereocenters. The Kier molecular flexibility index (Phi) is 5.40. The van der Waals surface area contributed by atoms with Crippen molar-refractivity contribution in [2.75, 3.05) is 32.8 Å². The summed E-state index contributed by atoms with van der Waals surface area (Å²) in [7, 11) is 0. The molecule has 2 aromatic heterocycles. The van der Waals surface area contributed by atoms with Gasteiger partial charge in [-0.05, 0) is 35.7 Å². The standard InChI is InChI=1S/C19H20BrN3O2S/c20-14-3-4-15-13(10-14)11-16(22-15)19(24)21-12-17(18-2-1-9-26-18)23-5-7-25-8-6-23/h1-4,9-11,17,22H,5-8,12H2,(H,21,24). The van der Waals surface area contributed by atoms with Gasteiger partial charge in [-0.25, -0.2) is 0 Å². The number of rotatable bonds is 5. The summed E-state index contributed by atoms with van der Waals surface area (Å²) in [5, 5.41) is 6.21. The van der Waals surface area contributed by atoms with Gasteiger partial charge in [-0.1, -0.05) is 22.0 Å². The first-order valence-electron chi connectivity index (χ1n) is 8.62. The van der Waals surface area contributed by atoms with Crippen molar-refractivity contribution < 1.29 is 9.53 Å². The van der Waals surface area contributed by atoms with E-state index >= 15 is 0 Å². The fourth-order valence-corrected chi connectivity index (χ4v) is 4.53. The number of benzene rings is 1. The molecular formula is C19H20BrN3O2S. The fourth-order valence-electron chi connectivity index (χ4n) is 3.29. The molecule has 3 heterocycles. The highest BCUT2D eigenvalue weighted by Gasteiger charge is 2.24. The molecule has 26 heavy (non-hydrogen) atoms. The van der Waals surface area contributed by atoms with Crippen LogP contribution in [0.15, 0.2) is 46.3 Å². The Morgan fingerprint density at radius 1 is 1.31 bits per heavy atom. The van der Waals surface area contributed by atoms with Gasteiger partial charge in [-0.2, -0.15) is 0 Å². The molecule has 1 unspecified atom stereocenters. The number of H-pyrrole nitrogens is 1. The van der Waals surface area contributed by atoms with Crippen molar-refractivity contribution in [2.45, 2.75) is 6.04 Å². The Bertz CT molecular complexity index is 887. The van der Waals surface area contributed by atoms with Crippen LogP contribution in [0.4, 0.5) is 0 Å². The predicted molar refractivity (Wildman–Crippen MR) is 108 cm³/mol. The van der Waals surface area contributed by atoms with Crippen LogP contribution in [0.1, 0.15) is 21.4 Å². The van der Waals surface area contributed by atoms with Crippen molar-refractivity contribution in [2.24, 2.45) is 0 Å². The van der Waals surface area contributed by atoms with E-state index in [2.05, 4.69) is 48.6 Å². The lowest BCUT2D eigenvalue weighted by atomic mass is 10.2. The molecule has 4 rings (SSSR count). The zero-order valence-corrected chi connectivity index (χ0v) is 16.6. The molecule has 1 amide bonds. The molecule has 3 aromatic rings. The minimum Gasteiger partial charge on any atom is -0.379 e. The van der Waals surface area contributed by atoms with Crippen LogP contribution < -0.4 is 5.32 Å². The first-order chi connectivity index (χ1) is 12.7. The first kappa shape index (κ1) is 17.7. The Morgan fingerprint density at radius 3 is 2.92 bits per heavy atom. The molecule has 1 aromatic carbocycles. The number of halogens is 1. The molecule has 2 N–H and O–H groups in total. The molecule has 0 radical (unpaired) electrons. The summed E-state index contributed by atoms with van der Waals surface area (Å²) in [5.41, 5.74) is 1.55. The molecule has 1 aliphatic rings. The van der Waals surface area contributed by atoms with Gasteiger partial charge < -0.3 is 15.0 Å². The maximum Gasteiger partial charge on any atom is 0.267 e. The van der Waals surface area contributed by atoms with Crippen molar-refractivity contribution in [3.8, 4) is 0 Å². The highest BCUT2D eigenvalue weighted by Crippen LogP contribution is 2.26. The lowest BCUT2D eigenvalue weighted by molar-refractivity contribution is 0.0169. The quantitative estimate of drug-likeness (QED) is 0.643. The van der Waals surface area contributed by atoms with Crippen LogP contribution in [-0.4, -0.2) is 48.6 Å². The monoisotopic (exact) mass is 433 g/mol. The molecule has 1 aliphatic heterocycles. The van der Waals surface area contributed by atoms with Crippen LogP contribution in [0.25, 0.3) is 10.9 Å². The zero-order chi connectivity index (χ0) is 17.9. The summed E-state index contributed by atoms with van der Waals surface area (Å²) < 4.78 is 6.47. The van der Waals surface area contributed by atoms with Crippen LogP contribution in [0.3, 0.4) is 0 Å². The van der Waals surface area contributed by atoms with E-state index in [0.717, 1.165) is 41.7 Å². The number of nitrogens with one attached hydrogen (secondary N) is 2. The second-order valence-corrected chi connectivity index (χ2v) is 8.20. The van der Waals surface area contributed by atoms with Crippen molar-refractivity contribution in [1.29, 1.82) is 0 Å². The lowest BCUT2D eigenvalue weighted by Gasteiger charge is -2.34. The molecule has 0 aliphatic carbocycles. The van der Waals surface area contributed by atoms with Gasteiger partial charge in [0, 0.05) is 39.9 Å². The number of carbonyl (C=O) groups excluding carboxylic acids is 1. The third-order valence-electron chi connectivity index (χ3n) is 4.64. The van der Waals surface area contributed by atoms with E-state index in [4.69, 9.17) is 4.74 Å². The molecule has 1 fully saturated rings. The molecule has 7 heteroatoms. The maximum atomic E-state index is 12.7. The van der Waals surface area contributed by atoms with Gasteiger partial charge >= 0.3 is 0 Å². The third kappa shape index (κ3) is 3.86. The number of nitrogens with zero attached hydrogens (tertiary/aromatic N) is 1. The number of ether oxygens (including phenoxy) is 1. The van der Waals surface area contributed by atoms with E-state index in [-0.39, 0.29) is 11.9 Å². The average molecular weight is 434 g/mol. The summed E-state index contributed by atoms with van der Waals surface area (Å²) in [6, 6.07) is 12.2. The fraction of sp³-hybridized carbons (Fsp3) is 0.316. The van der Waals surface area contributed by atoms with Gasteiger partial charge in [0.1, 0.15) is 5.69 Å². The van der Waals surface area contributed by atoms with Gasteiger partial charge in [0.25, 0.3) is 5.91 Å². The van der Waals surface area contributed by atoms with Gasteiger partial charge in [0.05, 0.1) is 19.3 Å². The number of carbonyl (C=O) groups is 1. The second-order valence-electron chi connectivity index (χ2n) is 6.30. The SMILES string of the molecule is O=C(NCC(c1cccs1)N1CCOCC1)c1cc2cc(Br)ccc2[nH]1. The highest BCUT2D eigenvalue weighted by molar-refractivity contribution is 9.10. The second kappa shape index (κ2) is 7.92. The highest BCUT2D eigenvalue weighted by atomic mass is 79.9. The lowest BCUT2D eigenvalue weighted by Crippen LogP contribution is -2.43. The number of aromatic amines is 1. The Labute approximate surface area is 164 Å². The van der Waals surface area contributed by atoms with Gasteiger partial charge in [0.2, 0.25) is 0 Å². The van der Waals surface area contributed by atoms with Crippen LogP contribution in [-0.2, 0) is 4.74 Å². The van der Waals surface area contributed by atoms with Crippen LogP contribution in [0.5, 0.6) is 0 Å². The summed E-state index contributed by atoms with van der Waals surface area (Å²) in [4.78, 5) is 19.5. The Balaban J connectivity index is 1.48. The number of hydrogen-bond donors (Lipinski definition) is 2. The number of amides is 1. The number of thiophene rings is 1. The van der Waals surface area contributed by atoms with E-state index in [9.17, 15) is 4.79 Å². The topological polar surface area (TPSA) is 57.4 Å². The third-order valence-corrected chi connectivity index (χ3v) is 6.11. The van der Waals surface area contributed by atoms with E-state index in [0.29, 0.717) is 12.2 Å². The van der Waals surface area contributed by atoms with E-state index in [1.165, 1.54) is 4.88 Å². The maximum absolute atomic E-state index is 12.7. The number of morpholine rings is 1. The van der Waals surface area contributed by atoms with Crippen molar-refractivity contribution in [1.82, 2.24) is 15.2 Å². The van der Waals surface area contributed by atoms with Crippen molar-refractivity contribution in [3.63, 3.8) is 0 Å². The van der Waals surface area contributed by atoms with Crippen molar-refractivity contribution >= 4 is 44.1 Å². The molecule has 0 saturated carbocycles. The van der Waals surface area contributed by atoms with Gasteiger partial charge in [-0.3, -0.25) is 9.69 Å². The van der Waals surface area contributed by atoms with Gasteiger partial charge in [0.15, 0.2) is 0 Å². The summed E-state index contributed by atoms with van der Waals surface area (Å²) in [6.45, 7) is 3.84. The Hall–Kier alpha value is -1.67. The normalized spacial score (nSPS) is 16.7. The summed E-state index contributed by atoms with van der Waals surface area (Å²) >= 11 is 5.20. The number of hydrogen-bond acceptors (Lipinski definition) is 4. The molecule has 0 bridgehead atoms. The average Bonchev–Trinajstić information content (AvgIpc) is 3.32. The Morgan fingerprint density at radius 2 is 2.15 bits per heavy atom. The molecule has 136 valence electrons. The van der Waals surface area contributed by atoms with Gasteiger partial charge in [-0.15, -0.1) is 11.3 Å². The number of aromatic nitrogens is 1. The van der Waals surface area contributed by atoms with Crippen LogP contribution in [0, 0.1) is 0 Å². The van der Waals surface area contributed by atoms with E-state index in [1.54, 1.807) is 11.3 Å². The zero-order valence-electron chi connectivity index (χ0n) is 14.2. The molecule has 0 spiro atoms. The number of fused-ring (bicyclic) bond motifs is 1. The van der Waals surface area contributed by atoms with E-state index < -0.39 is 0 Å². The summed E-state index contributed by atoms with van der Waals surface area (Å²) in [5.74, 6) is -0.0767. The van der Waals surface area contributed by atoms with E-state index in [1.807, 2.05) is 24.3 Å².